The van der Waals surface area contributed by atoms with Gasteiger partial charge in [-0.1, -0.05) is 35.6 Å². The fourth-order valence-corrected chi connectivity index (χ4v) is 2.45. The van der Waals surface area contributed by atoms with Crippen molar-refractivity contribution in [2.75, 3.05) is 0 Å². The van der Waals surface area contributed by atoms with Gasteiger partial charge in [-0.25, -0.2) is 9.37 Å². The summed E-state index contributed by atoms with van der Waals surface area (Å²) >= 11 is 1.51. The highest BCUT2D eigenvalue weighted by Crippen LogP contribution is 2.27. The molecule has 4 heteroatoms. The van der Waals surface area contributed by atoms with Crippen LogP contribution in [0.15, 0.2) is 48.5 Å². The van der Waals surface area contributed by atoms with E-state index in [1.54, 1.807) is 12.1 Å². The number of nitrogens with zero attached hydrogens (tertiary/aromatic N) is 1. The van der Waals surface area contributed by atoms with Gasteiger partial charge in [0.15, 0.2) is 0 Å². The van der Waals surface area contributed by atoms with Crippen molar-refractivity contribution in [1.29, 1.82) is 0 Å². The number of aromatic nitrogens is 1. The van der Waals surface area contributed by atoms with Gasteiger partial charge in [-0.05, 0) is 29.8 Å². The smallest absolute Gasteiger partial charge is 0.274 e. The Hall–Kier alpha value is -1.94. The highest BCUT2D eigenvalue weighted by Gasteiger charge is 2.04. The Morgan fingerprint density at radius 2 is 1.83 bits per heavy atom. The molecule has 0 aliphatic heterocycles. The molecule has 2 nitrogen and oxygen atoms in total. The lowest BCUT2D eigenvalue weighted by atomic mass is 10.2. The van der Waals surface area contributed by atoms with E-state index in [9.17, 15) is 4.39 Å². The van der Waals surface area contributed by atoms with Gasteiger partial charge in [-0.2, -0.15) is 0 Å². The summed E-state index contributed by atoms with van der Waals surface area (Å²) in [6, 6.07) is 14.2. The molecule has 0 unspecified atom stereocenters. The molecular formula is C14H10FNOS. The third kappa shape index (κ3) is 2.33. The molecule has 1 aromatic heterocycles. The van der Waals surface area contributed by atoms with Crippen molar-refractivity contribution in [3.05, 3.63) is 59.9 Å². The average molecular weight is 259 g/mol. The van der Waals surface area contributed by atoms with Crippen molar-refractivity contribution in [3.63, 3.8) is 0 Å². The van der Waals surface area contributed by atoms with Gasteiger partial charge in [-0.15, -0.1) is 0 Å². The largest absolute Gasteiger partial charge is 0.465 e. The van der Waals surface area contributed by atoms with E-state index >= 15 is 0 Å². The zero-order chi connectivity index (χ0) is 12.4. The van der Waals surface area contributed by atoms with Crippen LogP contribution in [0, 0.1) is 5.82 Å². The fraction of sp³-hybridized carbons (Fsp3) is 0.0714. The number of benzene rings is 2. The van der Waals surface area contributed by atoms with Crippen LogP contribution in [0.2, 0.25) is 0 Å². The highest BCUT2D eigenvalue weighted by atomic mass is 32.1. The lowest BCUT2D eigenvalue weighted by Gasteiger charge is -2.01. The molecule has 0 spiro atoms. The summed E-state index contributed by atoms with van der Waals surface area (Å²) in [6.45, 7) is 0.403. The number of ether oxygens (including phenoxy) is 1. The minimum absolute atomic E-state index is 0.237. The highest BCUT2D eigenvalue weighted by molar-refractivity contribution is 7.20. The second-order valence-corrected chi connectivity index (χ2v) is 4.86. The van der Waals surface area contributed by atoms with Gasteiger partial charge < -0.3 is 4.74 Å². The van der Waals surface area contributed by atoms with E-state index < -0.39 is 0 Å². The van der Waals surface area contributed by atoms with Crippen LogP contribution in [-0.2, 0) is 6.61 Å². The minimum atomic E-state index is -0.237. The van der Waals surface area contributed by atoms with E-state index in [0.29, 0.717) is 11.8 Å². The molecule has 1 heterocycles. The maximum Gasteiger partial charge on any atom is 0.274 e. The molecular weight excluding hydrogens is 249 g/mol. The van der Waals surface area contributed by atoms with Crippen molar-refractivity contribution in [3.8, 4) is 5.19 Å². The Morgan fingerprint density at radius 1 is 1.06 bits per heavy atom. The maximum atomic E-state index is 12.7. The van der Waals surface area contributed by atoms with Crippen LogP contribution < -0.4 is 4.74 Å². The molecule has 18 heavy (non-hydrogen) atoms. The number of halogens is 1. The first-order valence-corrected chi connectivity index (χ1v) is 6.36. The molecule has 0 saturated heterocycles. The standard InChI is InChI=1S/C14H10FNOS/c15-11-7-5-10(6-8-11)9-17-14-16-12-3-1-2-4-13(12)18-14/h1-8H,9H2. The van der Waals surface area contributed by atoms with E-state index in [1.807, 2.05) is 24.3 Å². The molecule has 0 bridgehead atoms. The zero-order valence-electron chi connectivity index (χ0n) is 9.47. The van der Waals surface area contributed by atoms with Crippen LogP contribution in [-0.4, -0.2) is 4.98 Å². The Kier molecular flexibility index (Phi) is 2.94. The van der Waals surface area contributed by atoms with Crippen LogP contribution in [0.25, 0.3) is 10.2 Å². The first kappa shape index (κ1) is 11.2. The lowest BCUT2D eigenvalue weighted by molar-refractivity contribution is 0.305. The molecule has 2 aromatic carbocycles. The monoisotopic (exact) mass is 259 g/mol. The van der Waals surface area contributed by atoms with E-state index in [1.165, 1.54) is 23.5 Å². The van der Waals surface area contributed by atoms with Crippen molar-refractivity contribution in [2.45, 2.75) is 6.61 Å². The average Bonchev–Trinajstić information content (AvgIpc) is 2.81. The van der Waals surface area contributed by atoms with Crippen LogP contribution in [0.3, 0.4) is 0 Å². The predicted molar refractivity (Wildman–Crippen MR) is 70.4 cm³/mol. The summed E-state index contributed by atoms with van der Waals surface area (Å²) in [5.41, 5.74) is 1.87. The lowest BCUT2D eigenvalue weighted by Crippen LogP contribution is -1.94. The van der Waals surface area contributed by atoms with E-state index in [0.717, 1.165) is 15.8 Å². The molecule has 0 atom stereocenters. The summed E-state index contributed by atoms with van der Waals surface area (Å²) < 4.78 is 19.4. The number of hydrogen-bond donors (Lipinski definition) is 0. The number of hydrogen-bond acceptors (Lipinski definition) is 3. The molecule has 0 saturated carbocycles. The number of fused-ring (bicyclic) bond motifs is 1. The van der Waals surface area contributed by atoms with Crippen LogP contribution in [0.1, 0.15) is 5.56 Å². The summed E-state index contributed by atoms with van der Waals surface area (Å²) in [4.78, 5) is 4.37. The Bertz CT molecular complexity index is 630. The van der Waals surface area contributed by atoms with Gasteiger partial charge in [0.1, 0.15) is 12.4 Å². The molecule has 0 radical (unpaired) electrons. The zero-order valence-corrected chi connectivity index (χ0v) is 10.3. The molecule has 90 valence electrons. The first-order valence-electron chi connectivity index (χ1n) is 5.54. The van der Waals surface area contributed by atoms with Gasteiger partial charge >= 0.3 is 0 Å². The van der Waals surface area contributed by atoms with Gasteiger partial charge in [0, 0.05) is 0 Å². The van der Waals surface area contributed by atoms with E-state index in [4.69, 9.17) is 4.74 Å². The molecule has 0 aliphatic carbocycles. The minimum Gasteiger partial charge on any atom is -0.465 e. The van der Waals surface area contributed by atoms with Crippen molar-refractivity contribution in [1.82, 2.24) is 4.98 Å². The Labute approximate surface area is 108 Å². The molecule has 0 N–H and O–H groups in total. The number of rotatable bonds is 3. The quantitative estimate of drug-likeness (QED) is 0.709. The van der Waals surface area contributed by atoms with Gasteiger partial charge in [0.05, 0.1) is 10.2 Å². The Morgan fingerprint density at radius 3 is 2.61 bits per heavy atom. The molecule has 0 fully saturated rings. The maximum absolute atomic E-state index is 12.7. The second-order valence-electron chi connectivity index (χ2n) is 3.86. The predicted octanol–water partition coefficient (Wildman–Crippen LogP) is 4.01. The summed E-state index contributed by atoms with van der Waals surface area (Å²) in [7, 11) is 0. The van der Waals surface area contributed by atoms with Gasteiger partial charge in [0.25, 0.3) is 5.19 Å². The summed E-state index contributed by atoms with van der Waals surface area (Å²) in [5.74, 6) is -0.237. The number of para-hydroxylation sites is 1. The molecule has 0 aliphatic rings. The van der Waals surface area contributed by atoms with Crippen LogP contribution >= 0.6 is 11.3 Å². The van der Waals surface area contributed by atoms with Crippen molar-refractivity contribution >= 4 is 21.6 Å². The first-order chi connectivity index (χ1) is 8.81. The third-order valence-electron chi connectivity index (χ3n) is 2.55. The normalized spacial score (nSPS) is 10.7. The Balaban J connectivity index is 1.74. The van der Waals surface area contributed by atoms with Gasteiger partial charge in [0.2, 0.25) is 0 Å². The fourth-order valence-electron chi connectivity index (χ4n) is 1.64. The van der Waals surface area contributed by atoms with Crippen molar-refractivity contribution < 1.29 is 9.13 Å². The van der Waals surface area contributed by atoms with Crippen LogP contribution in [0.4, 0.5) is 4.39 Å². The molecule has 3 rings (SSSR count). The molecule has 0 amide bonds. The van der Waals surface area contributed by atoms with E-state index in [-0.39, 0.29) is 5.82 Å². The molecule has 3 aromatic rings. The summed E-state index contributed by atoms with van der Waals surface area (Å²) in [5, 5.41) is 0.639. The van der Waals surface area contributed by atoms with E-state index in [2.05, 4.69) is 4.98 Å². The topological polar surface area (TPSA) is 22.1 Å². The SMILES string of the molecule is Fc1ccc(COc2nc3ccccc3s2)cc1. The van der Waals surface area contributed by atoms with Crippen LogP contribution in [0.5, 0.6) is 5.19 Å². The van der Waals surface area contributed by atoms with Gasteiger partial charge in [-0.3, -0.25) is 0 Å². The second kappa shape index (κ2) is 4.74. The summed E-state index contributed by atoms with van der Waals surface area (Å²) in [6.07, 6.45) is 0. The number of thiazole rings is 1. The third-order valence-corrected chi connectivity index (χ3v) is 3.50. The van der Waals surface area contributed by atoms with Crippen molar-refractivity contribution in [2.24, 2.45) is 0 Å².